The first-order valence-electron chi connectivity index (χ1n) is 7.32. The molecule has 0 amide bonds. The molecule has 1 saturated heterocycles. The van der Waals surface area contributed by atoms with Crippen LogP contribution in [-0.2, 0) is 17.8 Å². The van der Waals surface area contributed by atoms with Crippen molar-refractivity contribution in [3.8, 4) is 0 Å². The Morgan fingerprint density at radius 3 is 1.90 bits per heavy atom. The van der Waals surface area contributed by atoms with Gasteiger partial charge in [-0.1, -0.05) is 0 Å². The van der Waals surface area contributed by atoms with E-state index in [4.69, 9.17) is 0 Å². The Kier molecular flexibility index (Phi) is 1.04. The number of hydrogen-bond acceptors (Lipinski definition) is 3. The molecule has 2 spiro atoms. The summed E-state index contributed by atoms with van der Waals surface area (Å²) in [5, 5.41) is 0. The third-order valence-corrected chi connectivity index (χ3v) is 9.63. The van der Waals surface area contributed by atoms with E-state index >= 15 is 0 Å². The van der Waals surface area contributed by atoms with Crippen molar-refractivity contribution in [3.63, 3.8) is 0 Å². The molecule has 7 heteroatoms. The van der Waals surface area contributed by atoms with Crippen LogP contribution >= 0.6 is 0 Å². The molecule has 9 atom stereocenters. The first-order valence-corrected chi connectivity index (χ1v) is 8.81. The highest BCUT2D eigenvalue weighted by atomic mass is 32.2. The summed E-state index contributed by atoms with van der Waals surface area (Å²) < 4.78 is 17.0. The topological polar surface area (TPSA) is 66.0 Å². The predicted octanol–water partition coefficient (Wildman–Crippen LogP) is -1.30. The lowest BCUT2D eigenvalue weighted by molar-refractivity contribution is -0.533. The van der Waals surface area contributed by atoms with E-state index in [9.17, 15) is 13.8 Å². The average molecular weight is 291 g/mol. The first-order chi connectivity index (χ1) is 9.57. The van der Waals surface area contributed by atoms with Crippen molar-refractivity contribution in [2.75, 3.05) is 11.5 Å². The Morgan fingerprint density at radius 1 is 1.00 bits per heavy atom. The van der Waals surface area contributed by atoms with Gasteiger partial charge in [-0.15, -0.1) is 0 Å². The Balaban J connectivity index is 1.67. The maximum absolute atomic E-state index is 12.4. The van der Waals surface area contributed by atoms with Gasteiger partial charge in [0.1, 0.15) is 0 Å². The van der Waals surface area contributed by atoms with E-state index in [1.807, 2.05) is 0 Å². The van der Waals surface area contributed by atoms with Gasteiger partial charge in [-0.25, -0.2) is 23.5 Å². The van der Waals surface area contributed by atoms with Crippen molar-refractivity contribution >= 4 is 10.8 Å². The van der Waals surface area contributed by atoms with E-state index in [1.54, 1.807) is 16.4 Å². The molecule has 4 heterocycles. The molecular weight excluding hydrogens is 278 g/mol. The molecule has 0 radical (unpaired) electrons. The van der Waals surface area contributed by atoms with Gasteiger partial charge in [-0.05, 0) is 23.7 Å². The summed E-state index contributed by atoms with van der Waals surface area (Å²) >= 11 is 0. The van der Waals surface area contributed by atoms with Gasteiger partial charge in [0.15, 0.2) is 0 Å². The summed E-state index contributed by atoms with van der Waals surface area (Å²) in [5.41, 5.74) is -0.107. The minimum atomic E-state index is -0.755. The average Bonchev–Trinajstić information content (AvgIpc) is 2.81. The van der Waals surface area contributed by atoms with Gasteiger partial charge < -0.3 is 0 Å². The summed E-state index contributed by atoms with van der Waals surface area (Å²) in [7, 11) is 0.824. The Bertz CT molecular complexity index is 841. The van der Waals surface area contributed by atoms with Crippen molar-refractivity contribution in [2.45, 2.75) is 12.1 Å². The van der Waals surface area contributed by atoms with Gasteiger partial charge in [0.05, 0.1) is 12.1 Å². The molecule has 6 nitrogen and oxygen atoms in total. The molecule has 4 aliphatic carbocycles. The smallest absolute Gasteiger partial charge is 0.260 e. The third kappa shape index (κ3) is 0.484. The molecule has 5 fully saturated rings. The lowest BCUT2D eigenvalue weighted by Crippen LogP contribution is -3.00. The standard InChI is InChI=1S/C13H13N3O3S/c1-14-10(17)15-8-4-5-7-6(4)12(8)2-20(19)3-13(7,12)9(5)16(15)11(14)18/h4-9H,2-3H2,1H3/t4-,5+,6-,7+,8-,9-,12+,13-,20?/m1/s1. The van der Waals surface area contributed by atoms with E-state index in [0.29, 0.717) is 11.8 Å². The third-order valence-electron chi connectivity index (χ3n) is 8.03. The number of rotatable bonds is 0. The summed E-state index contributed by atoms with van der Waals surface area (Å²) in [6.45, 7) is 0. The van der Waals surface area contributed by atoms with Crippen LogP contribution in [-0.4, -0.2) is 29.6 Å². The zero-order chi connectivity index (χ0) is 13.3. The maximum atomic E-state index is 12.4. The van der Waals surface area contributed by atoms with E-state index in [0.717, 1.165) is 23.3 Å². The summed E-state index contributed by atoms with van der Waals surface area (Å²) in [6, 6.07) is 0.334. The van der Waals surface area contributed by atoms with E-state index < -0.39 is 10.8 Å². The first kappa shape index (κ1) is 9.76. The lowest BCUT2D eigenvalue weighted by Gasteiger charge is -2.99. The zero-order valence-corrected chi connectivity index (χ0v) is 11.7. The molecule has 7 aliphatic rings. The number of aromatic nitrogens is 3. The van der Waals surface area contributed by atoms with Gasteiger partial charge in [0.2, 0.25) is 0 Å². The molecule has 4 saturated carbocycles. The largest absolute Gasteiger partial charge is 0.347 e. The second-order valence-electron chi connectivity index (χ2n) is 7.72. The fourth-order valence-corrected chi connectivity index (χ4v) is 10.4. The van der Waals surface area contributed by atoms with E-state index in [1.165, 1.54) is 4.57 Å². The molecule has 0 aromatic carbocycles. The molecule has 104 valence electrons. The quantitative estimate of drug-likeness (QED) is 0.597. The fraction of sp³-hybridized carbons (Fsp3) is 0.846. The Morgan fingerprint density at radius 2 is 1.45 bits per heavy atom. The van der Waals surface area contributed by atoms with Gasteiger partial charge >= 0.3 is 11.4 Å². The highest BCUT2D eigenvalue weighted by Gasteiger charge is 3.04. The minimum Gasteiger partial charge on any atom is -0.260 e. The fourth-order valence-electron chi connectivity index (χ4n) is 7.93. The molecule has 1 aromatic heterocycles. The van der Waals surface area contributed by atoms with Gasteiger partial charge in [-0.2, -0.15) is 0 Å². The van der Waals surface area contributed by atoms with Crippen LogP contribution in [0.3, 0.4) is 0 Å². The minimum absolute atomic E-state index is 0.115. The van der Waals surface area contributed by atoms with Crippen LogP contribution in [0.1, 0.15) is 12.1 Å². The van der Waals surface area contributed by atoms with Gasteiger partial charge in [-0.3, -0.25) is 4.21 Å². The second kappa shape index (κ2) is 2.14. The molecule has 0 N–H and O–H groups in total. The van der Waals surface area contributed by atoms with Crippen molar-refractivity contribution in [1.29, 1.82) is 0 Å². The maximum Gasteiger partial charge on any atom is 0.347 e. The van der Waals surface area contributed by atoms with Gasteiger partial charge in [0.25, 0.3) is 0 Å². The van der Waals surface area contributed by atoms with Crippen LogP contribution in [0.15, 0.2) is 9.59 Å². The van der Waals surface area contributed by atoms with Crippen molar-refractivity contribution in [3.05, 3.63) is 21.0 Å². The van der Waals surface area contributed by atoms with Crippen LogP contribution in [0.25, 0.3) is 0 Å². The van der Waals surface area contributed by atoms with Crippen LogP contribution in [0.5, 0.6) is 0 Å². The zero-order valence-electron chi connectivity index (χ0n) is 10.9. The molecule has 20 heavy (non-hydrogen) atoms. The normalized spacial score (nSPS) is 61.6. The highest BCUT2D eigenvalue weighted by Crippen LogP contribution is 3.03. The van der Waals surface area contributed by atoms with Crippen LogP contribution in [0.4, 0.5) is 0 Å². The molecule has 8 rings (SSSR count). The number of nitrogens with zero attached hydrogens (tertiary/aromatic N) is 3. The highest BCUT2D eigenvalue weighted by molar-refractivity contribution is 7.85. The van der Waals surface area contributed by atoms with Gasteiger partial charge in [0, 0.05) is 40.2 Å². The van der Waals surface area contributed by atoms with Crippen molar-refractivity contribution in [2.24, 2.45) is 41.5 Å². The molecule has 2 bridgehead atoms. The lowest BCUT2D eigenvalue weighted by atomic mass is 9.06. The van der Waals surface area contributed by atoms with Crippen LogP contribution in [0, 0.1) is 34.5 Å². The molecule has 3 aliphatic heterocycles. The van der Waals surface area contributed by atoms with E-state index in [2.05, 4.69) is 0 Å². The van der Waals surface area contributed by atoms with Crippen molar-refractivity contribution in [1.82, 2.24) is 13.9 Å². The number of hydrogen-bond donors (Lipinski definition) is 0. The molecular formula is C13H13N3O3S. The van der Waals surface area contributed by atoms with Crippen molar-refractivity contribution < 1.29 is 4.21 Å². The monoisotopic (exact) mass is 291 g/mol. The SMILES string of the molecule is Cn1c(=O)n2n(c1=O)[C@@H]1[C@H]3[C@@H]4[C@@H]5[C@H]3[C@]13CS(=O)C[C@@]53[C@@H]42. The summed E-state index contributed by atoms with van der Waals surface area (Å²) in [6.07, 6.45) is 0. The summed E-state index contributed by atoms with van der Waals surface area (Å²) in [5.74, 6) is 4.18. The molecule has 1 aromatic rings. The molecule has 1 unspecified atom stereocenters. The Hall–Kier alpha value is -1.11. The summed E-state index contributed by atoms with van der Waals surface area (Å²) in [4.78, 5) is 24.8. The van der Waals surface area contributed by atoms with Crippen LogP contribution in [0.2, 0.25) is 0 Å². The predicted molar refractivity (Wildman–Crippen MR) is 68.7 cm³/mol. The van der Waals surface area contributed by atoms with Crippen LogP contribution < -0.4 is 11.4 Å². The Labute approximate surface area is 115 Å². The second-order valence-corrected chi connectivity index (χ2v) is 9.18. The van der Waals surface area contributed by atoms with E-state index in [-0.39, 0.29) is 34.3 Å².